The molecule has 5 nitrogen and oxygen atoms in total. The largest absolute Gasteiger partial charge is 0.353 e. The van der Waals surface area contributed by atoms with Crippen molar-refractivity contribution in [1.29, 1.82) is 0 Å². The molecule has 140 valence electrons. The Morgan fingerprint density at radius 3 is 2.56 bits per heavy atom. The van der Waals surface area contributed by atoms with Crippen LogP contribution >= 0.6 is 0 Å². The molecule has 0 fully saturated rings. The first kappa shape index (κ1) is 18.6. The maximum atomic E-state index is 13.3. The number of hydrogen-bond donors (Lipinski definition) is 3. The first-order chi connectivity index (χ1) is 13.1. The lowest BCUT2D eigenvalue weighted by Crippen LogP contribution is -2.32. The molecular weight excluding hydrogens is 345 g/mol. The van der Waals surface area contributed by atoms with E-state index in [1.165, 1.54) is 12.1 Å². The van der Waals surface area contributed by atoms with E-state index in [1.54, 1.807) is 30.3 Å². The Bertz CT molecular complexity index is 996. The number of amides is 2. The fraction of sp³-hybridized carbons (Fsp3) is 0.238. The highest BCUT2D eigenvalue weighted by Gasteiger charge is 2.16. The molecule has 1 heterocycles. The third-order valence-corrected chi connectivity index (χ3v) is 4.35. The summed E-state index contributed by atoms with van der Waals surface area (Å²) in [5.41, 5.74) is 1.57. The van der Waals surface area contributed by atoms with Gasteiger partial charge in [0.15, 0.2) is 0 Å². The molecule has 0 spiro atoms. The van der Waals surface area contributed by atoms with Crippen LogP contribution in [-0.4, -0.2) is 17.6 Å². The topological polar surface area (TPSA) is 74.0 Å². The van der Waals surface area contributed by atoms with Crippen molar-refractivity contribution in [3.8, 4) is 11.3 Å². The second-order valence-electron chi connectivity index (χ2n) is 6.34. The van der Waals surface area contributed by atoms with E-state index >= 15 is 0 Å². The maximum Gasteiger partial charge on any atom is 0.319 e. The number of nitrogens with one attached hydrogen (secondary N) is 3. The van der Waals surface area contributed by atoms with Crippen molar-refractivity contribution in [3.63, 3.8) is 0 Å². The van der Waals surface area contributed by atoms with Crippen LogP contribution in [0.5, 0.6) is 0 Å². The van der Waals surface area contributed by atoms with Crippen molar-refractivity contribution in [1.82, 2.24) is 10.3 Å². The van der Waals surface area contributed by atoms with Crippen molar-refractivity contribution >= 4 is 22.6 Å². The summed E-state index contributed by atoms with van der Waals surface area (Å²) in [5, 5.41) is 5.92. The van der Waals surface area contributed by atoms with Gasteiger partial charge in [-0.15, -0.1) is 0 Å². The van der Waals surface area contributed by atoms with Crippen molar-refractivity contribution < 1.29 is 9.18 Å². The van der Waals surface area contributed by atoms with Crippen molar-refractivity contribution in [2.45, 2.75) is 26.2 Å². The van der Waals surface area contributed by atoms with E-state index in [2.05, 4.69) is 22.5 Å². The van der Waals surface area contributed by atoms with Gasteiger partial charge in [0.25, 0.3) is 0 Å². The van der Waals surface area contributed by atoms with Crippen molar-refractivity contribution in [2.75, 3.05) is 11.9 Å². The van der Waals surface area contributed by atoms with Gasteiger partial charge >= 0.3 is 6.03 Å². The number of unbranched alkanes of at least 4 members (excludes halogenated alkanes) is 2. The molecule has 0 saturated carbocycles. The highest BCUT2D eigenvalue weighted by Crippen LogP contribution is 2.26. The summed E-state index contributed by atoms with van der Waals surface area (Å²) in [6, 6.07) is 12.4. The van der Waals surface area contributed by atoms with Crippen LogP contribution in [0.3, 0.4) is 0 Å². The molecule has 0 atom stereocenters. The number of rotatable bonds is 6. The molecule has 6 heteroatoms. The Kier molecular flexibility index (Phi) is 5.86. The molecule has 1 aromatic heterocycles. The molecule has 0 saturated heterocycles. The standard InChI is InChI=1S/C21H22FN3O2/c1-2-3-6-13-23-21(27)25-19-18(14-9-11-15(22)12-10-14)24-17-8-5-4-7-16(17)20(19)26/h4-5,7-12H,2-3,6,13H2,1H3,(H,24,26)(H2,23,25,27). The van der Waals surface area contributed by atoms with Crippen LogP contribution in [-0.2, 0) is 0 Å². The number of pyridine rings is 1. The van der Waals surface area contributed by atoms with Crippen molar-refractivity contribution in [2.24, 2.45) is 0 Å². The van der Waals surface area contributed by atoms with Gasteiger partial charge in [-0.3, -0.25) is 4.79 Å². The molecule has 2 amide bonds. The number of H-pyrrole nitrogens is 1. The molecule has 3 N–H and O–H groups in total. The zero-order valence-electron chi connectivity index (χ0n) is 15.1. The van der Waals surface area contributed by atoms with Gasteiger partial charge in [-0.05, 0) is 42.8 Å². The van der Waals surface area contributed by atoms with Crippen LogP contribution in [0.15, 0.2) is 53.3 Å². The summed E-state index contributed by atoms with van der Waals surface area (Å²) in [6.45, 7) is 2.63. The van der Waals surface area contributed by atoms with Gasteiger partial charge in [-0.25, -0.2) is 9.18 Å². The molecule has 3 rings (SSSR count). The van der Waals surface area contributed by atoms with Gasteiger partial charge in [0.1, 0.15) is 11.5 Å². The van der Waals surface area contributed by atoms with E-state index in [-0.39, 0.29) is 16.9 Å². The van der Waals surface area contributed by atoms with Gasteiger partial charge in [0, 0.05) is 23.0 Å². The summed E-state index contributed by atoms with van der Waals surface area (Å²) in [4.78, 5) is 28.4. The van der Waals surface area contributed by atoms with Crippen LogP contribution in [0, 0.1) is 5.82 Å². The first-order valence-corrected chi connectivity index (χ1v) is 9.06. The van der Waals surface area contributed by atoms with Crippen LogP contribution in [0.1, 0.15) is 26.2 Å². The monoisotopic (exact) mass is 367 g/mol. The zero-order chi connectivity index (χ0) is 19.2. The summed E-state index contributed by atoms with van der Waals surface area (Å²) < 4.78 is 13.3. The number of hydrogen-bond acceptors (Lipinski definition) is 2. The SMILES string of the molecule is CCCCCNC(=O)Nc1c(-c2ccc(F)cc2)[nH]c2ccccc2c1=O. The van der Waals surface area contributed by atoms with E-state index in [4.69, 9.17) is 0 Å². The number of carbonyl (C=O) groups is 1. The van der Waals surface area contributed by atoms with Crippen LogP contribution in [0.25, 0.3) is 22.2 Å². The number of halogens is 1. The number of fused-ring (bicyclic) bond motifs is 1. The lowest BCUT2D eigenvalue weighted by atomic mass is 10.1. The molecule has 0 bridgehead atoms. The van der Waals surface area contributed by atoms with E-state index < -0.39 is 6.03 Å². The maximum absolute atomic E-state index is 13.3. The van der Waals surface area contributed by atoms with Gasteiger partial charge in [-0.1, -0.05) is 31.9 Å². The molecule has 0 unspecified atom stereocenters. The smallest absolute Gasteiger partial charge is 0.319 e. The Hall–Kier alpha value is -3.15. The normalized spacial score (nSPS) is 10.7. The highest BCUT2D eigenvalue weighted by atomic mass is 19.1. The van der Waals surface area contributed by atoms with Crippen LogP contribution < -0.4 is 16.1 Å². The summed E-state index contributed by atoms with van der Waals surface area (Å²) in [7, 11) is 0. The number of para-hydroxylation sites is 1. The quantitative estimate of drug-likeness (QED) is 0.555. The summed E-state index contributed by atoms with van der Waals surface area (Å²) in [5.74, 6) is -0.370. The third kappa shape index (κ3) is 4.34. The Labute approximate surface area is 156 Å². The van der Waals surface area contributed by atoms with E-state index in [0.29, 0.717) is 28.7 Å². The number of aromatic amines is 1. The molecule has 3 aromatic rings. The molecule has 0 radical (unpaired) electrons. The minimum atomic E-state index is -0.435. The average molecular weight is 367 g/mol. The Morgan fingerprint density at radius 1 is 1.07 bits per heavy atom. The number of anilines is 1. The lowest BCUT2D eigenvalue weighted by molar-refractivity contribution is 0.252. The minimum absolute atomic E-state index is 0.147. The van der Waals surface area contributed by atoms with E-state index in [1.807, 2.05) is 6.07 Å². The van der Waals surface area contributed by atoms with E-state index in [0.717, 1.165) is 19.3 Å². The zero-order valence-corrected chi connectivity index (χ0v) is 15.1. The fourth-order valence-corrected chi connectivity index (χ4v) is 2.92. The predicted octanol–water partition coefficient (Wildman–Crippen LogP) is 4.65. The van der Waals surface area contributed by atoms with E-state index in [9.17, 15) is 14.0 Å². The lowest BCUT2D eigenvalue weighted by Gasteiger charge is -2.13. The van der Waals surface area contributed by atoms with Crippen LogP contribution in [0.2, 0.25) is 0 Å². The van der Waals surface area contributed by atoms with Gasteiger partial charge in [0.2, 0.25) is 5.43 Å². The van der Waals surface area contributed by atoms with Gasteiger partial charge < -0.3 is 15.6 Å². The average Bonchev–Trinajstić information content (AvgIpc) is 2.68. The van der Waals surface area contributed by atoms with Gasteiger partial charge in [-0.2, -0.15) is 0 Å². The third-order valence-electron chi connectivity index (χ3n) is 4.35. The minimum Gasteiger partial charge on any atom is -0.353 e. The number of carbonyl (C=O) groups excluding carboxylic acids is 1. The fourth-order valence-electron chi connectivity index (χ4n) is 2.92. The Balaban J connectivity index is 1.99. The molecule has 0 aliphatic carbocycles. The molecule has 0 aliphatic rings. The van der Waals surface area contributed by atoms with Gasteiger partial charge in [0.05, 0.1) is 5.69 Å². The summed E-state index contributed by atoms with van der Waals surface area (Å²) in [6.07, 6.45) is 2.96. The highest BCUT2D eigenvalue weighted by molar-refractivity contribution is 5.97. The Morgan fingerprint density at radius 2 is 1.81 bits per heavy atom. The molecule has 2 aromatic carbocycles. The van der Waals surface area contributed by atoms with Crippen LogP contribution in [0.4, 0.5) is 14.9 Å². The predicted molar refractivity (Wildman–Crippen MR) is 107 cm³/mol. The molecular formula is C21H22FN3O2. The second kappa shape index (κ2) is 8.49. The number of urea groups is 1. The van der Waals surface area contributed by atoms with Crippen molar-refractivity contribution in [3.05, 3.63) is 64.6 Å². The molecule has 0 aliphatic heterocycles. The number of benzene rings is 2. The molecule has 27 heavy (non-hydrogen) atoms. The summed E-state index contributed by atoms with van der Waals surface area (Å²) >= 11 is 0. The second-order valence-corrected chi connectivity index (χ2v) is 6.34. The first-order valence-electron chi connectivity index (χ1n) is 9.06. The number of aromatic nitrogens is 1.